The minimum atomic E-state index is -0.121. The molecule has 0 saturated carbocycles. The fourth-order valence-electron chi connectivity index (χ4n) is 2.00. The first-order valence-electron chi connectivity index (χ1n) is 6.40. The Hall–Kier alpha value is -1.07. The van der Waals surface area contributed by atoms with Gasteiger partial charge in [-0.05, 0) is 43.0 Å². The molecule has 0 saturated heterocycles. The number of phenols is 1. The molecule has 1 amide bonds. The van der Waals surface area contributed by atoms with E-state index in [0.29, 0.717) is 24.6 Å². The first kappa shape index (κ1) is 16.0. The van der Waals surface area contributed by atoms with Crippen molar-refractivity contribution in [2.45, 2.75) is 26.7 Å². The number of anilines is 1. The Kier molecular flexibility index (Phi) is 6.31. The molecule has 4 N–H and O–H groups in total. The van der Waals surface area contributed by atoms with Gasteiger partial charge in [0.1, 0.15) is 5.75 Å². The van der Waals surface area contributed by atoms with Crippen LogP contribution in [0.25, 0.3) is 0 Å². The van der Waals surface area contributed by atoms with Crippen molar-refractivity contribution in [3.8, 4) is 5.75 Å². The second kappa shape index (κ2) is 7.50. The maximum absolute atomic E-state index is 11.9. The van der Waals surface area contributed by atoms with Crippen LogP contribution in [-0.2, 0) is 4.79 Å². The van der Waals surface area contributed by atoms with E-state index in [2.05, 4.69) is 35.1 Å². The number of nitrogens with one attached hydrogen (secondary N) is 1. The number of amides is 1. The zero-order chi connectivity index (χ0) is 14.4. The van der Waals surface area contributed by atoms with Crippen LogP contribution >= 0.6 is 15.9 Å². The molecule has 1 rings (SSSR count). The van der Waals surface area contributed by atoms with E-state index in [-0.39, 0.29) is 17.6 Å². The van der Waals surface area contributed by atoms with Crippen molar-refractivity contribution < 1.29 is 9.90 Å². The van der Waals surface area contributed by atoms with Gasteiger partial charge < -0.3 is 16.2 Å². The Bertz CT molecular complexity index is 435. The summed E-state index contributed by atoms with van der Waals surface area (Å²) in [6, 6.07) is 4.92. The van der Waals surface area contributed by atoms with Gasteiger partial charge in [-0.15, -0.1) is 0 Å². The maximum atomic E-state index is 11.9. The number of phenolic OH excluding ortho intramolecular Hbond substituents is 1. The predicted octanol–water partition coefficient (Wildman–Crippen LogP) is 3.10. The van der Waals surface area contributed by atoms with Crippen LogP contribution in [-0.4, -0.2) is 17.6 Å². The average molecular weight is 329 g/mol. The summed E-state index contributed by atoms with van der Waals surface area (Å²) < 4.78 is 0.804. The van der Waals surface area contributed by atoms with Crippen LogP contribution in [0.5, 0.6) is 5.75 Å². The van der Waals surface area contributed by atoms with Crippen LogP contribution in [0.2, 0.25) is 0 Å². The van der Waals surface area contributed by atoms with Gasteiger partial charge in [-0.3, -0.25) is 4.79 Å². The number of hydrogen-bond acceptors (Lipinski definition) is 3. The van der Waals surface area contributed by atoms with Crippen molar-refractivity contribution in [3.63, 3.8) is 0 Å². The molecule has 0 spiro atoms. The van der Waals surface area contributed by atoms with E-state index in [9.17, 15) is 9.90 Å². The fourth-order valence-corrected chi connectivity index (χ4v) is 2.36. The lowest BCUT2D eigenvalue weighted by atomic mass is 9.94. The highest BCUT2D eigenvalue weighted by Crippen LogP contribution is 2.27. The molecule has 0 radical (unpaired) electrons. The molecule has 0 fully saturated rings. The lowest BCUT2D eigenvalue weighted by molar-refractivity contribution is -0.117. The standard InChI is InChI=1S/C14H21BrN2O2/c1-9(2)5-10(8-16)6-14(19)17-12-7-11(15)3-4-13(12)18/h3-4,7,9-10,18H,5-6,8,16H2,1-2H3,(H,17,19)/t10-/m0/s1. The fraction of sp³-hybridized carbons (Fsp3) is 0.500. The van der Waals surface area contributed by atoms with Crippen LogP contribution in [0.15, 0.2) is 22.7 Å². The molecule has 0 aliphatic carbocycles. The van der Waals surface area contributed by atoms with Crippen molar-refractivity contribution in [1.82, 2.24) is 0 Å². The van der Waals surface area contributed by atoms with Crippen LogP contribution < -0.4 is 11.1 Å². The number of rotatable bonds is 6. The topological polar surface area (TPSA) is 75.4 Å². The molecule has 1 aromatic rings. The number of aromatic hydroxyl groups is 1. The summed E-state index contributed by atoms with van der Waals surface area (Å²) in [7, 11) is 0. The first-order chi connectivity index (χ1) is 8.92. The highest BCUT2D eigenvalue weighted by Gasteiger charge is 2.15. The van der Waals surface area contributed by atoms with Gasteiger partial charge in [-0.2, -0.15) is 0 Å². The van der Waals surface area contributed by atoms with Crippen LogP contribution in [0.3, 0.4) is 0 Å². The van der Waals surface area contributed by atoms with Crippen LogP contribution in [0, 0.1) is 11.8 Å². The number of hydrogen-bond donors (Lipinski definition) is 3. The van der Waals surface area contributed by atoms with E-state index < -0.39 is 0 Å². The second-order valence-corrected chi connectivity index (χ2v) is 6.06. The van der Waals surface area contributed by atoms with Gasteiger partial charge in [0.2, 0.25) is 5.91 Å². The minimum Gasteiger partial charge on any atom is -0.506 e. The van der Waals surface area contributed by atoms with Gasteiger partial charge in [-0.1, -0.05) is 29.8 Å². The Labute approximate surface area is 122 Å². The van der Waals surface area contributed by atoms with Gasteiger partial charge in [0.25, 0.3) is 0 Å². The van der Waals surface area contributed by atoms with Crippen molar-refractivity contribution in [3.05, 3.63) is 22.7 Å². The van der Waals surface area contributed by atoms with Crippen molar-refractivity contribution in [1.29, 1.82) is 0 Å². The Morgan fingerprint density at radius 3 is 2.74 bits per heavy atom. The monoisotopic (exact) mass is 328 g/mol. The molecule has 0 bridgehead atoms. The molecule has 5 heteroatoms. The SMILES string of the molecule is CC(C)C[C@H](CN)CC(=O)Nc1cc(Br)ccc1O. The van der Waals surface area contributed by atoms with E-state index in [0.717, 1.165) is 10.9 Å². The first-order valence-corrected chi connectivity index (χ1v) is 7.20. The highest BCUT2D eigenvalue weighted by molar-refractivity contribution is 9.10. The summed E-state index contributed by atoms with van der Waals surface area (Å²) in [5.41, 5.74) is 6.10. The lowest BCUT2D eigenvalue weighted by Crippen LogP contribution is -2.23. The van der Waals surface area contributed by atoms with Gasteiger partial charge in [-0.25, -0.2) is 0 Å². The van der Waals surface area contributed by atoms with E-state index in [1.54, 1.807) is 12.1 Å². The predicted molar refractivity (Wildman–Crippen MR) is 81.1 cm³/mol. The van der Waals surface area contributed by atoms with Gasteiger partial charge >= 0.3 is 0 Å². The minimum absolute atomic E-state index is 0.0599. The summed E-state index contributed by atoms with van der Waals surface area (Å²) in [5.74, 6) is 0.629. The lowest BCUT2D eigenvalue weighted by Gasteiger charge is -2.17. The number of halogens is 1. The molecule has 1 aromatic carbocycles. The molecule has 0 heterocycles. The third-order valence-corrected chi connectivity index (χ3v) is 3.34. The third-order valence-electron chi connectivity index (χ3n) is 2.84. The van der Waals surface area contributed by atoms with Crippen molar-refractivity contribution >= 4 is 27.5 Å². The summed E-state index contributed by atoms with van der Waals surface area (Å²) in [4.78, 5) is 11.9. The van der Waals surface area contributed by atoms with E-state index in [1.165, 1.54) is 6.07 Å². The zero-order valence-corrected chi connectivity index (χ0v) is 12.9. The molecule has 0 unspecified atom stereocenters. The van der Waals surface area contributed by atoms with Gasteiger partial charge in [0, 0.05) is 10.9 Å². The molecule has 4 nitrogen and oxygen atoms in total. The van der Waals surface area contributed by atoms with E-state index in [1.807, 2.05) is 0 Å². The van der Waals surface area contributed by atoms with Crippen molar-refractivity contribution in [2.75, 3.05) is 11.9 Å². The van der Waals surface area contributed by atoms with E-state index in [4.69, 9.17) is 5.73 Å². The van der Waals surface area contributed by atoms with Crippen LogP contribution in [0.1, 0.15) is 26.7 Å². The molecular weight excluding hydrogens is 308 g/mol. The van der Waals surface area contributed by atoms with Gasteiger partial charge in [0.05, 0.1) is 5.69 Å². The normalized spacial score (nSPS) is 12.5. The summed E-state index contributed by atoms with van der Waals surface area (Å²) >= 11 is 3.30. The molecule has 0 aromatic heterocycles. The Balaban J connectivity index is 2.61. The number of carbonyl (C=O) groups is 1. The smallest absolute Gasteiger partial charge is 0.224 e. The quantitative estimate of drug-likeness (QED) is 0.702. The zero-order valence-electron chi connectivity index (χ0n) is 11.3. The molecule has 0 aliphatic rings. The third kappa shape index (κ3) is 5.61. The van der Waals surface area contributed by atoms with Gasteiger partial charge in [0.15, 0.2) is 0 Å². The molecule has 1 atom stereocenters. The van der Waals surface area contributed by atoms with Crippen molar-refractivity contribution in [2.24, 2.45) is 17.6 Å². The number of benzene rings is 1. The average Bonchev–Trinajstić information content (AvgIpc) is 2.32. The van der Waals surface area contributed by atoms with E-state index >= 15 is 0 Å². The highest BCUT2D eigenvalue weighted by atomic mass is 79.9. The molecule has 0 aliphatic heterocycles. The summed E-state index contributed by atoms with van der Waals surface area (Å²) in [5, 5.41) is 12.4. The molecule has 106 valence electrons. The maximum Gasteiger partial charge on any atom is 0.224 e. The largest absolute Gasteiger partial charge is 0.506 e. The van der Waals surface area contributed by atoms with Crippen LogP contribution in [0.4, 0.5) is 5.69 Å². The Morgan fingerprint density at radius 1 is 1.47 bits per heavy atom. The molecular formula is C14H21BrN2O2. The summed E-state index contributed by atoms with van der Waals surface area (Å²) in [6.45, 7) is 4.72. The number of carbonyl (C=O) groups excluding carboxylic acids is 1. The molecule has 19 heavy (non-hydrogen) atoms. The summed E-state index contributed by atoms with van der Waals surface area (Å²) in [6.07, 6.45) is 1.30. The second-order valence-electron chi connectivity index (χ2n) is 5.15. The Morgan fingerprint density at radius 2 is 2.16 bits per heavy atom. The number of nitrogens with two attached hydrogens (primary N) is 1.